The molecule has 0 aromatic heterocycles. The molecule has 1 atom stereocenters. The van der Waals surface area contributed by atoms with Crippen LogP contribution in [0.4, 0.5) is 0 Å². The van der Waals surface area contributed by atoms with Gasteiger partial charge in [0.2, 0.25) is 0 Å². The first-order valence-corrected chi connectivity index (χ1v) is 13.9. The van der Waals surface area contributed by atoms with Crippen LogP contribution in [0.5, 0.6) is 5.75 Å². The zero-order chi connectivity index (χ0) is 28.7. The summed E-state index contributed by atoms with van der Waals surface area (Å²) in [5.74, 6) is 0.852. The maximum absolute atomic E-state index is 12.6. The smallest absolute Gasteiger partial charge is 0.343 e. The zero-order valence-electron chi connectivity index (χ0n) is 24.1. The molecule has 0 fully saturated rings. The Kier molecular flexibility index (Phi) is 9.21. The largest absolute Gasteiger partial charge is 0.426 e. The van der Waals surface area contributed by atoms with Crippen molar-refractivity contribution in [3.8, 4) is 5.75 Å². The van der Waals surface area contributed by atoms with Gasteiger partial charge in [-0.1, -0.05) is 98.2 Å². The molecule has 3 aromatic rings. The summed E-state index contributed by atoms with van der Waals surface area (Å²) >= 11 is 0. The molecule has 0 saturated heterocycles. The highest BCUT2D eigenvalue weighted by Crippen LogP contribution is 2.41. The van der Waals surface area contributed by atoms with Crippen LogP contribution in [0.15, 0.2) is 108 Å². The third-order valence-corrected chi connectivity index (χ3v) is 7.28. The Hall–Kier alpha value is -4.18. The minimum absolute atomic E-state index is 0.230. The number of hydrogen-bond donors (Lipinski definition) is 0. The van der Waals surface area contributed by atoms with Crippen LogP contribution in [-0.4, -0.2) is 11.9 Å². The first kappa shape index (κ1) is 28.8. The second-order valence-corrected chi connectivity index (χ2v) is 11.2. The molecule has 4 rings (SSSR count). The highest BCUT2D eigenvalue weighted by molar-refractivity contribution is 5.91. The van der Waals surface area contributed by atoms with E-state index in [2.05, 4.69) is 32.9 Å². The van der Waals surface area contributed by atoms with Gasteiger partial charge in [-0.3, -0.25) is 4.79 Å². The Morgan fingerprint density at radius 3 is 2.08 bits per heavy atom. The molecule has 1 aliphatic carbocycles. The van der Waals surface area contributed by atoms with E-state index in [1.54, 1.807) is 12.1 Å². The van der Waals surface area contributed by atoms with Crippen molar-refractivity contribution in [2.45, 2.75) is 59.3 Å². The van der Waals surface area contributed by atoms with Crippen LogP contribution < -0.4 is 4.74 Å². The standard InChI is InChI=1S/C36H38O4/c1-25(2)24-36(5,31-18-21-33(22-19-31)40-35(38)29-15-11-27(4)12-16-29)30-7-6-8-32(20-17-30)39-34(37)23-28-13-9-26(3)10-14-28/h6,8-22,25H,7,23-24H2,1-5H3. The fourth-order valence-corrected chi connectivity index (χ4v) is 5.12. The van der Waals surface area contributed by atoms with Crippen LogP contribution in [0.2, 0.25) is 0 Å². The second-order valence-electron chi connectivity index (χ2n) is 11.2. The van der Waals surface area contributed by atoms with Gasteiger partial charge in [-0.2, -0.15) is 0 Å². The quantitative estimate of drug-likeness (QED) is 0.204. The van der Waals surface area contributed by atoms with Gasteiger partial charge < -0.3 is 9.47 Å². The molecule has 0 heterocycles. The highest BCUT2D eigenvalue weighted by atomic mass is 16.5. The van der Waals surface area contributed by atoms with Crippen molar-refractivity contribution in [1.82, 2.24) is 0 Å². The molecule has 3 aromatic carbocycles. The Morgan fingerprint density at radius 2 is 1.45 bits per heavy atom. The van der Waals surface area contributed by atoms with Gasteiger partial charge in [0.1, 0.15) is 11.5 Å². The van der Waals surface area contributed by atoms with Gasteiger partial charge in [-0.15, -0.1) is 0 Å². The van der Waals surface area contributed by atoms with Gasteiger partial charge in [0.15, 0.2) is 0 Å². The summed E-state index contributed by atoms with van der Waals surface area (Å²) in [5.41, 5.74) is 5.83. The van der Waals surface area contributed by atoms with E-state index in [1.165, 1.54) is 5.57 Å². The van der Waals surface area contributed by atoms with Gasteiger partial charge in [-0.25, -0.2) is 4.79 Å². The second kappa shape index (κ2) is 12.8. The molecule has 1 aliphatic rings. The van der Waals surface area contributed by atoms with Crippen LogP contribution in [0.3, 0.4) is 0 Å². The Morgan fingerprint density at radius 1 is 0.825 bits per heavy atom. The number of ether oxygens (including phenoxy) is 2. The molecule has 0 N–H and O–H groups in total. The van der Waals surface area contributed by atoms with Gasteiger partial charge in [0, 0.05) is 5.41 Å². The van der Waals surface area contributed by atoms with E-state index >= 15 is 0 Å². The van der Waals surface area contributed by atoms with E-state index < -0.39 is 0 Å². The van der Waals surface area contributed by atoms with Gasteiger partial charge in [-0.05, 0) is 80.2 Å². The van der Waals surface area contributed by atoms with E-state index in [0.29, 0.717) is 23.0 Å². The number of carbonyl (C=O) groups is 2. The summed E-state index contributed by atoms with van der Waals surface area (Å²) in [6.07, 6.45) is 9.81. The molecule has 40 heavy (non-hydrogen) atoms. The van der Waals surface area contributed by atoms with Crippen LogP contribution in [0.1, 0.15) is 66.2 Å². The van der Waals surface area contributed by atoms with Crippen LogP contribution in [-0.2, 0) is 21.4 Å². The van der Waals surface area contributed by atoms with Crippen molar-refractivity contribution >= 4 is 11.9 Å². The number of rotatable bonds is 9. The average molecular weight is 535 g/mol. The molecule has 0 bridgehead atoms. The molecular weight excluding hydrogens is 496 g/mol. The zero-order valence-corrected chi connectivity index (χ0v) is 24.1. The molecule has 206 valence electrons. The summed E-state index contributed by atoms with van der Waals surface area (Å²) < 4.78 is 11.3. The lowest BCUT2D eigenvalue weighted by atomic mass is 9.69. The summed E-state index contributed by atoms with van der Waals surface area (Å²) in [6, 6.07) is 23.1. The van der Waals surface area contributed by atoms with Crippen LogP contribution >= 0.6 is 0 Å². The Balaban J connectivity index is 1.50. The lowest BCUT2D eigenvalue weighted by Gasteiger charge is -2.35. The minimum Gasteiger partial charge on any atom is -0.426 e. The number of carbonyl (C=O) groups excluding carboxylic acids is 2. The molecule has 0 radical (unpaired) electrons. The van der Waals surface area contributed by atoms with E-state index in [0.717, 1.165) is 35.1 Å². The fraction of sp³-hybridized carbons (Fsp3) is 0.278. The van der Waals surface area contributed by atoms with Gasteiger partial charge in [0.25, 0.3) is 0 Å². The summed E-state index contributed by atoms with van der Waals surface area (Å²) in [6.45, 7) is 10.7. The van der Waals surface area contributed by atoms with Crippen molar-refractivity contribution in [1.29, 1.82) is 0 Å². The Labute approximate surface area is 238 Å². The van der Waals surface area contributed by atoms with E-state index in [9.17, 15) is 9.59 Å². The number of aryl methyl sites for hydroxylation is 2. The molecule has 4 heteroatoms. The summed E-state index contributed by atoms with van der Waals surface area (Å²) in [5, 5.41) is 0. The maximum Gasteiger partial charge on any atom is 0.343 e. The SMILES string of the molecule is Cc1ccc(CC(=O)OC2=CC=C(C(C)(CC(C)C)c3ccc(OC(=O)c4ccc(C)cc4)cc3)CC=C2)cc1. The van der Waals surface area contributed by atoms with Gasteiger partial charge >= 0.3 is 11.9 Å². The number of benzene rings is 3. The number of esters is 2. The molecule has 0 aliphatic heterocycles. The lowest BCUT2D eigenvalue weighted by Crippen LogP contribution is -2.27. The first-order valence-electron chi connectivity index (χ1n) is 13.9. The average Bonchev–Trinajstić information content (AvgIpc) is 3.16. The Bertz CT molecular complexity index is 1420. The van der Waals surface area contributed by atoms with Crippen molar-refractivity contribution in [3.63, 3.8) is 0 Å². The van der Waals surface area contributed by atoms with Crippen molar-refractivity contribution < 1.29 is 19.1 Å². The van der Waals surface area contributed by atoms with Crippen LogP contribution in [0, 0.1) is 19.8 Å². The van der Waals surface area contributed by atoms with E-state index in [4.69, 9.17) is 9.47 Å². The first-order chi connectivity index (χ1) is 19.1. The number of hydrogen-bond acceptors (Lipinski definition) is 4. The molecule has 4 nitrogen and oxygen atoms in total. The van der Waals surface area contributed by atoms with E-state index in [-0.39, 0.29) is 23.8 Å². The van der Waals surface area contributed by atoms with E-state index in [1.807, 2.05) is 86.7 Å². The summed E-state index contributed by atoms with van der Waals surface area (Å²) in [4.78, 5) is 25.2. The third-order valence-electron chi connectivity index (χ3n) is 7.28. The summed E-state index contributed by atoms with van der Waals surface area (Å²) in [7, 11) is 0. The lowest BCUT2D eigenvalue weighted by molar-refractivity contribution is -0.138. The van der Waals surface area contributed by atoms with Crippen molar-refractivity contribution in [2.24, 2.45) is 5.92 Å². The monoisotopic (exact) mass is 534 g/mol. The predicted octanol–water partition coefficient (Wildman–Crippen LogP) is 8.38. The van der Waals surface area contributed by atoms with Crippen molar-refractivity contribution in [2.75, 3.05) is 0 Å². The molecular formula is C36H38O4. The minimum atomic E-state index is -0.371. The maximum atomic E-state index is 12.6. The predicted molar refractivity (Wildman–Crippen MR) is 160 cm³/mol. The highest BCUT2D eigenvalue weighted by Gasteiger charge is 2.31. The normalized spacial score (nSPS) is 14.6. The van der Waals surface area contributed by atoms with Gasteiger partial charge in [0.05, 0.1) is 12.0 Å². The molecule has 1 unspecified atom stereocenters. The van der Waals surface area contributed by atoms with Crippen LogP contribution in [0.25, 0.3) is 0 Å². The molecule has 0 spiro atoms. The number of allylic oxidation sites excluding steroid dienone is 5. The third kappa shape index (κ3) is 7.47. The van der Waals surface area contributed by atoms with Crippen molar-refractivity contribution in [3.05, 3.63) is 136 Å². The fourth-order valence-electron chi connectivity index (χ4n) is 5.12. The molecule has 0 amide bonds. The molecule has 0 saturated carbocycles. The topological polar surface area (TPSA) is 52.6 Å².